The molecule has 110 heavy (non-hydrogen) atoms. The second kappa shape index (κ2) is 32.9. The number of halogens is 2. The van der Waals surface area contributed by atoms with Crippen LogP contribution < -0.4 is 30.2 Å². The Bertz CT molecular complexity index is 5340. The number of para-hydroxylation sites is 1. The van der Waals surface area contributed by atoms with Crippen molar-refractivity contribution in [3.63, 3.8) is 0 Å². The van der Waals surface area contributed by atoms with Gasteiger partial charge in [0.2, 0.25) is 0 Å². The van der Waals surface area contributed by atoms with Crippen molar-refractivity contribution in [3.8, 4) is 34.5 Å². The quantitative estimate of drug-likeness (QED) is 0.0204. The summed E-state index contributed by atoms with van der Waals surface area (Å²) in [5.41, 5.74) is 3.95. The van der Waals surface area contributed by atoms with Gasteiger partial charge in [-0.3, -0.25) is 14.4 Å². The molecule has 30 heteroatoms. The number of nitrogens with zero attached hydrogens (tertiary/aromatic N) is 6. The fraction of sp³-hybridized carbons (Fsp3) is 0.287. The van der Waals surface area contributed by atoms with Gasteiger partial charge in [0, 0.05) is 75.3 Å². The number of aromatic amines is 3. The Labute approximate surface area is 632 Å². The third-order valence-corrected chi connectivity index (χ3v) is 20.3. The summed E-state index contributed by atoms with van der Waals surface area (Å²) in [5.74, 6) is 1.26. The minimum Gasteiger partial charge on any atom is -0.457 e. The van der Waals surface area contributed by atoms with E-state index >= 15 is 4.39 Å². The topological polar surface area (TPSA) is 376 Å². The second-order valence-electron chi connectivity index (χ2n) is 26.9. The number of aryl methyl sites for hydroxylation is 1. The van der Waals surface area contributed by atoms with Crippen molar-refractivity contribution in [1.82, 2.24) is 44.9 Å². The minimum absolute atomic E-state index is 0.0768. The second-order valence-corrected chi connectivity index (χ2v) is 27.3. The molecule has 3 fully saturated rings. The highest BCUT2D eigenvalue weighted by Gasteiger charge is 2.40. The van der Waals surface area contributed by atoms with Crippen molar-refractivity contribution >= 4 is 79.5 Å². The average Bonchev–Trinajstić information content (AvgIpc) is 1.60. The molecule has 11 unspecified atom stereocenters. The molecular formula is C80H76ClFN12O16. The number of aromatic nitrogens is 9. The smallest absolute Gasteiger partial charge is 0.198 e. The van der Waals surface area contributed by atoms with Gasteiger partial charge in [0.15, 0.2) is 17.3 Å². The highest BCUT2D eigenvalue weighted by molar-refractivity contribution is 6.36. The van der Waals surface area contributed by atoms with Crippen LogP contribution >= 0.6 is 11.6 Å². The number of ether oxygens (including phenoxy) is 9. The number of fused-ring (bicyclic) bond motifs is 3. The number of hydrogen-bond donors (Lipinski definition) is 10. The molecule has 15 rings (SSSR count). The number of rotatable bonds is 28. The lowest BCUT2D eigenvalue weighted by Crippen LogP contribution is -2.48. The van der Waals surface area contributed by atoms with E-state index in [9.17, 15) is 34.8 Å². The SMILES string of the molecule is COC1CC(C(O)c2cccc(Oc3ccc(C(=O)c4c[nH]c5ncnc(NC6COC(CO)CC6OCCO)c45)c(Cl)c3)c2)OCC1Nc1ncnc2[nH]cc(C(=O)c3ccc(Oc4cccc(C(O)C5CC(OC)C(Nc6ncnc7[nH]cc(C(=O)c8ccc(Oc9ccccc9)cc8F)c67)CO5)c4)cc3C)c12. The number of ketones is 3. The predicted molar refractivity (Wildman–Crippen MR) is 401 cm³/mol. The maximum Gasteiger partial charge on any atom is 0.198 e. The maximum absolute atomic E-state index is 15.6. The first kappa shape index (κ1) is 74.3. The van der Waals surface area contributed by atoms with Gasteiger partial charge >= 0.3 is 0 Å². The molecule has 6 aromatic carbocycles. The van der Waals surface area contributed by atoms with Crippen LogP contribution in [0.3, 0.4) is 0 Å². The van der Waals surface area contributed by atoms with Crippen LogP contribution in [0.1, 0.15) is 95.9 Å². The number of nitrogens with one attached hydrogen (secondary N) is 6. The summed E-state index contributed by atoms with van der Waals surface area (Å²) >= 11 is 6.84. The first-order valence-electron chi connectivity index (χ1n) is 35.6. The van der Waals surface area contributed by atoms with E-state index in [1.54, 1.807) is 130 Å². The van der Waals surface area contributed by atoms with Gasteiger partial charge in [-0.05, 0) is 102 Å². The van der Waals surface area contributed by atoms with Gasteiger partial charge in [-0.1, -0.05) is 54.1 Å². The van der Waals surface area contributed by atoms with Crippen LogP contribution in [0.4, 0.5) is 21.8 Å². The van der Waals surface area contributed by atoms with Gasteiger partial charge < -0.3 is 94.0 Å². The van der Waals surface area contributed by atoms with Crippen molar-refractivity contribution in [2.75, 3.05) is 69.8 Å². The lowest BCUT2D eigenvalue weighted by atomic mass is 9.94. The largest absolute Gasteiger partial charge is 0.457 e. The van der Waals surface area contributed by atoms with E-state index in [1.807, 2.05) is 13.0 Å². The molecular weight excluding hydrogens is 1440 g/mol. The van der Waals surface area contributed by atoms with E-state index in [-0.39, 0.29) is 91.3 Å². The summed E-state index contributed by atoms with van der Waals surface area (Å²) in [6.45, 7) is 1.86. The van der Waals surface area contributed by atoms with Crippen LogP contribution in [0.25, 0.3) is 33.1 Å². The van der Waals surface area contributed by atoms with Gasteiger partial charge in [0.25, 0.3) is 0 Å². The number of carbonyl (C=O) groups is 3. The van der Waals surface area contributed by atoms with Crippen molar-refractivity contribution in [3.05, 3.63) is 232 Å². The molecule has 0 saturated carbocycles. The van der Waals surface area contributed by atoms with Crippen molar-refractivity contribution in [1.29, 1.82) is 0 Å². The van der Waals surface area contributed by atoms with E-state index in [1.165, 1.54) is 49.4 Å². The fourth-order valence-electron chi connectivity index (χ4n) is 14.3. The van der Waals surface area contributed by atoms with Crippen LogP contribution in [0.5, 0.6) is 34.5 Å². The molecule has 0 aliphatic carbocycles. The number of methoxy groups -OCH3 is 2. The number of benzene rings is 6. The summed E-state index contributed by atoms with van der Waals surface area (Å²) in [6, 6.07) is 35.3. The molecule has 3 saturated heterocycles. The Kier molecular flexibility index (Phi) is 22.2. The molecule has 566 valence electrons. The zero-order valence-corrected chi connectivity index (χ0v) is 60.3. The number of aliphatic hydroxyl groups excluding tert-OH is 4. The van der Waals surface area contributed by atoms with Crippen molar-refractivity contribution in [2.24, 2.45) is 0 Å². The van der Waals surface area contributed by atoms with E-state index in [2.05, 4.69) is 60.8 Å². The van der Waals surface area contributed by atoms with Crippen LogP contribution in [0, 0.1) is 12.7 Å². The van der Waals surface area contributed by atoms with Gasteiger partial charge in [0.1, 0.15) is 106 Å². The zero-order valence-electron chi connectivity index (χ0n) is 59.5. The first-order valence-corrected chi connectivity index (χ1v) is 36.0. The van der Waals surface area contributed by atoms with Gasteiger partial charge in [-0.25, -0.2) is 34.3 Å². The minimum atomic E-state index is -1.12. The number of carbonyl (C=O) groups excluding carboxylic acids is 3. The molecule has 0 spiro atoms. The molecule has 3 aliphatic heterocycles. The summed E-state index contributed by atoms with van der Waals surface area (Å²) < 4.78 is 70.4. The van der Waals surface area contributed by atoms with Crippen LogP contribution in [0.15, 0.2) is 171 Å². The standard InChI is InChI=1S/C80H76ClFN12O16/c1-41-23-47(109-45-13-7-9-42(24-45)70(97)65-30-63(103-3)60(37-107-65)93-79-69-56(33-85-77(69)88-39-90-79)74(101)53-20-17-49(27-58(53)82)108-44-11-5-4-6-12-44)15-18-51(41)72(99)54-31-83-75-67(54)78(89-38-86-75)92-59-36-106-66(29-62(59)102-2)71(98)43-10-8-14-46(25-43)110-48-16-19-52(57(81)26-48)73(100)55-32-84-76-68(55)80(91-40-87-76)94-61-35-105-50(34-96)28-64(61)104-22-21-95/h4-20,23-27,31-33,38-40,50,59-66,70-71,95-98H,21-22,28-30,34-37H2,1-3H3,(H2,83,86,89,92)(H2,84,87,91,94)(H2,85,88,90,93). The molecule has 0 radical (unpaired) electrons. The van der Waals surface area contributed by atoms with Gasteiger partial charge in [-0.15, -0.1) is 0 Å². The highest BCUT2D eigenvalue weighted by atomic mass is 35.5. The van der Waals surface area contributed by atoms with Gasteiger partial charge in [-0.2, -0.15) is 0 Å². The molecule has 6 aromatic heterocycles. The highest BCUT2D eigenvalue weighted by Crippen LogP contribution is 2.40. The molecule has 0 bridgehead atoms. The molecule has 10 N–H and O–H groups in total. The van der Waals surface area contributed by atoms with E-state index in [0.29, 0.717) is 114 Å². The Morgan fingerprint density at radius 3 is 1.43 bits per heavy atom. The average molecular weight is 1520 g/mol. The third-order valence-electron chi connectivity index (χ3n) is 20.0. The number of hydrogen-bond acceptors (Lipinski definition) is 25. The van der Waals surface area contributed by atoms with Crippen molar-refractivity contribution < 1.29 is 81.8 Å². The molecule has 9 heterocycles. The maximum atomic E-state index is 15.6. The lowest BCUT2D eigenvalue weighted by Gasteiger charge is -2.38. The first-order chi connectivity index (χ1) is 53.6. The number of anilines is 3. The van der Waals surface area contributed by atoms with Crippen molar-refractivity contribution in [2.45, 2.75) is 93.1 Å². The Balaban J connectivity index is 0.555. The number of H-pyrrole nitrogens is 3. The summed E-state index contributed by atoms with van der Waals surface area (Å²) in [4.78, 5) is 78.7. The monoisotopic (exact) mass is 1510 g/mol. The molecule has 28 nitrogen and oxygen atoms in total. The van der Waals surface area contributed by atoms with E-state index in [0.717, 1.165) is 0 Å². The van der Waals surface area contributed by atoms with Crippen LogP contribution in [-0.2, 0) is 28.4 Å². The van der Waals surface area contributed by atoms with E-state index in [4.69, 9.17) is 54.2 Å². The Morgan fingerprint density at radius 1 is 0.509 bits per heavy atom. The Hall–Kier alpha value is -11.2. The summed E-state index contributed by atoms with van der Waals surface area (Å²) in [6.07, 6.45) is 4.08. The van der Waals surface area contributed by atoms with Crippen LogP contribution in [0.2, 0.25) is 5.02 Å². The zero-order chi connectivity index (χ0) is 76.1. The normalized spacial score (nSPS) is 20.6. The summed E-state index contributed by atoms with van der Waals surface area (Å²) in [7, 11) is 3.14. The van der Waals surface area contributed by atoms with Gasteiger partial charge in [0.05, 0.1) is 138 Å². The van der Waals surface area contributed by atoms with E-state index < -0.39 is 84.3 Å². The molecule has 0 amide bonds. The molecule has 3 aliphatic rings. The molecule has 12 aromatic rings. The van der Waals surface area contributed by atoms with Crippen LogP contribution in [-0.4, -0.2) is 191 Å². The Morgan fingerprint density at radius 2 is 0.945 bits per heavy atom. The fourth-order valence-corrected chi connectivity index (χ4v) is 14.6. The number of aliphatic hydroxyl groups is 4. The molecule has 11 atom stereocenters. The predicted octanol–water partition coefficient (Wildman–Crippen LogP) is 11.2. The lowest BCUT2D eigenvalue weighted by molar-refractivity contribution is -0.112. The summed E-state index contributed by atoms with van der Waals surface area (Å²) in [5, 5.41) is 54.5. The third kappa shape index (κ3) is 15.7.